The summed E-state index contributed by atoms with van der Waals surface area (Å²) in [5.74, 6) is 0. The van der Waals surface area contributed by atoms with E-state index >= 15 is 0 Å². The van der Waals surface area contributed by atoms with Crippen molar-refractivity contribution in [1.82, 2.24) is 0 Å². The first-order chi connectivity index (χ1) is 10.1. The number of benzene rings is 1. The van der Waals surface area contributed by atoms with Gasteiger partial charge in [-0.3, -0.25) is 10.1 Å². The number of rotatable bonds is 7. The predicted molar refractivity (Wildman–Crippen MR) is 71.4 cm³/mol. The number of hydrogen-bond acceptors (Lipinski definition) is 9. The lowest BCUT2D eigenvalue weighted by Gasteiger charge is -2.25. The molecule has 10 nitrogen and oxygen atoms in total. The lowest BCUT2D eigenvalue weighted by Crippen LogP contribution is -2.48. The summed E-state index contributed by atoms with van der Waals surface area (Å²) in [6.45, 7) is -0.956. The van der Waals surface area contributed by atoms with Gasteiger partial charge in [0.25, 0.3) is 5.69 Å². The molecule has 22 heavy (non-hydrogen) atoms. The zero-order valence-corrected chi connectivity index (χ0v) is 11.9. The quantitative estimate of drug-likeness (QED) is 0.272. The highest BCUT2D eigenvalue weighted by Gasteiger charge is 2.38. The first kappa shape index (κ1) is 18.4. The highest BCUT2D eigenvalue weighted by molar-refractivity contribution is 7.92. The van der Waals surface area contributed by atoms with Crippen LogP contribution in [0.15, 0.2) is 29.2 Å². The molecule has 0 radical (unpaired) electrons. The van der Waals surface area contributed by atoms with Crippen LogP contribution >= 0.6 is 0 Å². The van der Waals surface area contributed by atoms with E-state index in [1.807, 2.05) is 0 Å². The molecule has 1 aromatic carbocycles. The Hall–Kier alpha value is -1.63. The molecule has 5 N–H and O–H groups in total. The minimum absolute atomic E-state index is 0.371. The highest BCUT2D eigenvalue weighted by atomic mass is 32.2. The standard InChI is InChI=1S/C11H15NO9S/c13-5-8(14)9(15)10(16)11(17)22(20,21)7-3-1-6(2-4-7)12(18)19/h1-4,8-11,13-17H,5H2. The molecule has 0 saturated heterocycles. The number of nitro benzene ring substituents is 1. The van der Waals surface area contributed by atoms with Crippen LogP contribution in [0, 0.1) is 10.1 Å². The van der Waals surface area contributed by atoms with Gasteiger partial charge in [-0.1, -0.05) is 0 Å². The number of sulfone groups is 1. The Morgan fingerprint density at radius 2 is 1.55 bits per heavy atom. The van der Waals surface area contributed by atoms with Crippen LogP contribution in [0.5, 0.6) is 0 Å². The summed E-state index contributed by atoms with van der Waals surface area (Å²) in [4.78, 5) is 9.22. The third kappa shape index (κ3) is 3.76. The van der Waals surface area contributed by atoms with E-state index in [4.69, 9.17) is 10.2 Å². The number of non-ortho nitro benzene ring substituents is 1. The van der Waals surface area contributed by atoms with Gasteiger partial charge in [-0.25, -0.2) is 8.42 Å². The molecule has 0 spiro atoms. The zero-order chi connectivity index (χ0) is 17.1. The van der Waals surface area contributed by atoms with E-state index in [9.17, 15) is 33.9 Å². The van der Waals surface area contributed by atoms with Gasteiger partial charge in [0.2, 0.25) is 9.84 Å². The summed E-state index contributed by atoms with van der Waals surface area (Å²) in [6, 6.07) is 3.51. The second kappa shape index (κ2) is 7.09. The van der Waals surface area contributed by atoms with Crippen molar-refractivity contribution in [3.8, 4) is 0 Å². The Morgan fingerprint density at radius 3 is 1.95 bits per heavy atom. The summed E-state index contributed by atoms with van der Waals surface area (Å²) in [6.07, 6.45) is -6.24. The molecular weight excluding hydrogens is 322 g/mol. The molecular formula is C11H15NO9S. The van der Waals surface area contributed by atoms with Crippen molar-refractivity contribution in [2.75, 3.05) is 6.61 Å². The van der Waals surface area contributed by atoms with E-state index in [2.05, 4.69) is 0 Å². The fourth-order valence-corrected chi connectivity index (χ4v) is 2.91. The van der Waals surface area contributed by atoms with E-state index in [-0.39, 0.29) is 5.69 Å². The van der Waals surface area contributed by atoms with E-state index in [1.165, 1.54) is 0 Å². The summed E-state index contributed by atoms with van der Waals surface area (Å²) in [5, 5.41) is 56.9. The minimum Gasteiger partial charge on any atom is -0.394 e. The second-order valence-electron chi connectivity index (χ2n) is 4.42. The number of aliphatic hydroxyl groups excluding tert-OH is 5. The van der Waals surface area contributed by atoms with Gasteiger partial charge >= 0.3 is 0 Å². The summed E-state index contributed by atoms with van der Waals surface area (Å²) in [7, 11) is -4.54. The van der Waals surface area contributed by atoms with Gasteiger partial charge in [0, 0.05) is 12.1 Å². The van der Waals surface area contributed by atoms with Crippen molar-refractivity contribution in [2.45, 2.75) is 28.6 Å². The maximum atomic E-state index is 12.0. The number of hydrogen-bond donors (Lipinski definition) is 5. The maximum absolute atomic E-state index is 12.0. The van der Waals surface area contributed by atoms with Gasteiger partial charge in [-0.2, -0.15) is 0 Å². The highest BCUT2D eigenvalue weighted by Crippen LogP contribution is 2.22. The molecule has 0 saturated carbocycles. The SMILES string of the molecule is O=[N+]([O-])c1ccc(S(=O)(=O)C(O)C(O)C(O)C(O)CO)cc1. The van der Waals surface area contributed by atoms with Gasteiger partial charge in [0.15, 0.2) is 5.44 Å². The van der Waals surface area contributed by atoms with Crippen molar-refractivity contribution in [3.05, 3.63) is 34.4 Å². The molecule has 0 aromatic heterocycles. The van der Waals surface area contributed by atoms with Gasteiger partial charge < -0.3 is 25.5 Å². The van der Waals surface area contributed by atoms with Gasteiger partial charge in [0.05, 0.1) is 16.4 Å². The maximum Gasteiger partial charge on any atom is 0.269 e. The minimum atomic E-state index is -4.54. The normalized spacial score (nSPS) is 17.5. The molecule has 0 fully saturated rings. The number of aliphatic hydroxyl groups is 5. The smallest absolute Gasteiger partial charge is 0.269 e. The molecule has 1 rings (SSSR count). The lowest BCUT2D eigenvalue weighted by atomic mass is 10.1. The van der Waals surface area contributed by atoms with Crippen LogP contribution in [0.25, 0.3) is 0 Å². The molecule has 0 aliphatic rings. The van der Waals surface area contributed by atoms with Crippen molar-refractivity contribution in [3.63, 3.8) is 0 Å². The molecule has 11 heteroatoms. The van der Waals surface area contributed by atoms with Crippen LogP contribution in [0.3, 0.4) is 0 Å². The molecule has 1 aromatic rings. The topological polar surface area (TPSA) is 178 Å². The monoisotopic (exact) mass is 337 g/mol. The predicted octanol–water partition coefficient (Wildman–Crippen LogP) is -2.24. The first-order valence-corrected chi connectivity index (χ1v) is 7.49. The van der Waals surface area contributed by atoms with Gasteiger partial charge in [-0.15, -0.1) is 0 Å². The molecule has 4 unspecified atom stereocenters. The summed E-state index contributed by atoms with van der Waals surface area (Å²) >= 11 is 0. The van der Waals surface area contributed by atoms with Crippen LogP contribution in [-0.4, -0.2) is 69.2 Å². The Bertz CT molecular complexity index is 615. The van der Waals surface area contributed by atoms with Gasteiger partial charge in [0.1, 0.15) is 18.3 Å². The molecule has 124 valence electrons. The Balaban J connectivity index is 3.04. The first-order valence-electron chi connectivity index (χ1n) is 5.94. The largest absolute Gasteiger partial charge is 0.394 e. The summed E-state index contributed by atoms with van der Waals surface area (Å²) in [5.41, 5.74) is -2.87. The Kier molecular flexibility index (Phi) is 5.93. The Labute approximate surface area is 125 Å². The van der Waals surface area contributed by atoms with Crippen molar-refractivity contribution >= 4 is 15.5 Å². The van der Waals surface area contributed by atoms with E-state index in [0.29, 0.717) is 0 Å². The molecule has 0 aliphatic heterocycles. The average Bonchev–Trinajstić information content (AvgIpc) is 2.51. The fraction of sp³-hybridized carbons (Fsp3) is 0.455. The third-order valence-corrected chi connectivity index (χ3v) is 4.76. The molecule has 0 aliphatic carbocycles. The molecule has 4 atom stereocenters. The molecule has 0 bridgehead atoms. The Morgan fingerprint density at radius 1 is 1.05 bits per heavy atom. The van der Waals surface area contributed by atoms with Crippen LogP contribution in [0.2, 0.25) is 0 Å². The average molecular weight is 337 g/mol. The lowest BCUT2D eigenvalue weighted by molar-refractivity contribution is -0.384. The molecule has 0 heterocycles. The van der Waals surface area contributed by atoms with E-state index in [1.54, 1.807) is 0 Å². The number of nitrogens with zero attached hydrogens (tertiary/aromatic N) is 1. The van der Waals surface area contributed by atoms with Crippen molar-refractivity contribution < 1.29 is 38.9 Å². The van der Waals surface area contributed by atoms with E-state index in [0.717, 1.165) is 24.3 Å². The van der Waals surface area contributed by atoms with Crippen molar-refractivity contribution in [2.24, 2.45) is 0 Å². The zero-order valence-electron chi connectivity index (χ0n) is 11.1. The van der Waals surface area contributed by atoms with Crippen molar-refractivity contribution in [1.29, 1.82) is 0 Å². The van der Waals surface area contributed by atoms with Crippen LogP contribution in [0.4, 0.5) is 5.69 Å². The second-order valence-corrected chi connectivity index (χ2v) is 6.46. The van der Waals surface area contributed by atoms with Crippen LogP contribution < -0.4 is 0 Å². The van der Waals surface area contributed by atoms with Crippen LogP contribution in [-0.2, 0) is 9.84 Å². The van der Waals surface area contributed by atoms with Gasteiger partial charge in [-0.05, 0) is 12.1 Å². The number of nitro groups is 1. The fourth-order valence-electron chi connectivity index (χ4n) is 1.58. The van der Waals surface area contributed by atoms with Crippen LogP contribution in [0.1, 0.15) is 0 Å². The molecule has 0 amide bonds. The summed E-state index contributed by atoms with van der Waals surface area (Å²) < 4.78 is 24.1. The van der Waals surface area contributed by atoms with E-state index < -0.39 is 50.0 Å². The third-order valence-electron chi connectivity index (χ3n) is 2.92.